The molecule has 2 fully saturated rings. The Balaban J connectivity index is 1.07. The number of amides is 1. The maximum atomic E-state index is 12.5. The minimum atomic E-state index is -2.48. The van der Waals surface area contributed by atoms with E-state index in [0.29, 0.717) is 38.7 Å². The number of benzene rings is 2. The molecule has 1 amide bonds. The number of para-hydroxylation sites is 1. The first kappa shape index (κ1) is 25.4. The molecule has 2 aliphatic rings. The largest absolute Gasteiger partial charge is 0.755 e. The number of nitrogens with one attached hydrogen (secondary N) is 2. The summed E-state index contributed by atoms with van der Waals surface area (Å²) in [6.07, 6.45) is 6.56. The second-order valence-electron chi connectivity index (χ2n) is 10.1. The second kappa shape index (κ2) is 9.70. The minimum Gasteiger partial charge on any atom is -0.755 e. The van der Waals surface area contributed by atoms with Gasteiger partial charge in [-0.05, 0) is 49.3 Å². The molecule has 2 saturated carbocycles. The summed E-state index contributed by atoms with van der Waals surface area (Å²) >= 11 is 3.94. The molecule has 13 heteroatoms. The Morgan fingerprint density at radius 1 is 1.10 bits per heavy atom. The Labute approximate surface area is 230 Å². The van der Waals surface area contributed by atoms with E-state index in [1.807, 2.05) is 12.1 Å². The number of aromatic nitrogens is 3. The lowest BCUT2D eigenvalue weighted by Crippen LogP contribution is -2.59. The van der Waals surface area contributed by atoms with Crippen molar-refractivity contribution in [2.45, 2.75) is 37.8 Å². The van der Waals surface area contributed by atoms with Crippen LogP contribution in [0, 0.1) is 15.5 Å². The summed E-state index contributed by atoms with van der Waals surface area (Å²) in [5.74, 6) is 0.180. The molecule has 2 N–H and O–H groups in total. The van der Waals surface area contributed by atoms with Crippen molar-refractivity contribution >= 4 is 51.3 Å². The van der Waals surface area contributed by atoms with Gasteiger partial charge in [-0.1, -0.05) is 29.8 Å². The molecule has 2 aliphatic carbocycles. The van der Waals surface area contributed by atoms with Crippen LogP contribution in [0.4, 0.5) is 11.6 Å². The first-order valence-electron chi connectivity index (χ1n) is 12.3. The average Bonchev–Trinajstić information content (AvgIpc) is 3.27. The molecule has 2 aromatic heterocycles. The molecule has 11 nitrogen and oxygen atoms in total. The molecule has 1 unspecified atom stereocenters. The van der Waals surface area contributed by atoms with Gasteiger partial charge in [-0.15, -0.1) is 0 Å². The van der Waals surface area contributed by atoms with E-state index in [0.717, 1.165) is 29.7 Å². The third-order valence-corrected chi connectivity index (χ3v) is 8.46. The first-order chi connectivity index (χ1) is 18.7. The van der Waals surface area contributed by atoms with Crippen molar-refractivity contribution < 1.29 is 18.5 Å². The van der Waals surface area contributed by atoms with E-state index in [1.165, 1.54) is 36.7 Å². The zero-order chi connectivity index (χ0) is 27.3. The summed E-state index contributed by atoms with van der Waals surface area (Å²) in [5.41, 5.74) is 2.08. The van der Waals surface area contributed by atoms with Crippen molar-refractivity contribution in [2.24, 2.45) is 5.41 Å². The van der Waals surface area contributed by atoms with Crippen LogP contribution in [0.3, 0.4) is 0 Å². The Morgan fingerprint density at radius 3 is 2.49 bits per heavy atom. The SMILES string of the molecule is O=C(NC1CC2(C1)CC(Nc1ncc(Cl)c(-c3cn(S(=O)[O-])c4ccccc34)n1)C2)c1ccc([N+](=O)[O-])cc1. The van der Waals surface area contributed by atoms with Crippen molar-refractivity contribution in [3.8, 4) is 11.3 Å². The lowest BCUT2D eigenvalue weighted by Gasteiger charge is -2.57. The number of nitro benzene ring substituents is 1. The number of rotatable bonds is 7. The highest BCUT2D eigenvalue weighted by atomic mass is 35.5. The standard InChI is InChI=1S/C26H23ClN6O5S/c27-21-13-28-25(31-23(21)20-14-32(39(37)38)22-4-2-1-3-19(20)22)30-17-11-26(12-17)9-16(10-26)29-24(34)15-5-7-18(8-6-15)33(35)36/h1-8,13-14,16-17H,9-12H2,(H,29,34)(H,37,38)(H,28,30,31)/p-1. The average molecular weight is 566 g/mol. The molecule has 4 aromatic rings. The molecule has 0 aliphatic heterocycles. The topological polar surface area (TPSA) is 155 Å². The quantitative estimate of drug-likeness (QED) is 0.189. The maximum Gasteiger partial charge on any atom is 0.269 e. The van der Waals surface area contributed by atoms with Crippen molar-refractivity contribution in [3.63, 3.8) is 0 Å². The summed E-state index contributed by atoms with van der Waals surface area (Å²) in [6.45, 7) is 0. The molecule has 200 valence electrons. The smallest absolute Gasteiger partial charge is 0.269 e. The monoisotopic (exact) mass is 565 g/mol. The van der Waals surface area contributed by atoms with Gasteiger partial charge in [-0.3, -0.25) is 23.1 Å². The molecular formula is C26H22ClN6O5S-. The molecule has 1 atom stereocenters. The van der Waals surface area contributed by atoms with E-state index >= 15 is 0 Å². The third kappa shape index (κ3) is 4.75. The number of hydrogen-bond donors (Lipinski definition) is 2. The van der Waals surface area contributed by atoms with Crippen LogP contribution in [-0.4, -0.2) is 45.6 Å². The van der Waals surface area contributed by atoms with Crippen molar-refractivity contribution in [1.82, 2.24) is 19.3 Å². The lowest BCUT2D eigenvalue weighted by atomic mass is 9.52. The number of halogens is 1. The summed E-state index contributed by atoms with van der Waals surface area (Å²) < 4.78 is 24.6. The zero-order valence-electron chi connectivity index (χ0n) is 20.4. The van der Waals surface area contributed by atoms with Gasteiger partial charge in [0.05, 0.1) is 38.6 Å². The van der Waals surface area contributed by atoms with Crippen LogP contribution >= 0.6 is 11.6 Å². The fraction of sp³-hybridized carbons (Fsp3) is 0.269. The van der Waals surface area contributed by atoms with Crippen LogP contribution in [0.5, 0.6) is 0 Å². The van der Waals surface area contributed by atoms with Gasteiger partial charge in [0.25, 0.3) is 11.6 Å². The summed E-state index contributed by atoms with van der Waals surface area (Å²) in [5, 5.41) is 18.2. The number of non-ortho nitro benzene ring substituents is 1. The Hall–Kier alpha value is -3.87. The highest BCUT2D eigenvalue weighted by Crippen LogP contribution is 2.56. The predicted molar refractivity (Wildman–Crippen MR) is 145 cm³/mol. The normalized spacial score (nSPS) is 22.6. The lowest BCUT2D eigenvalue weighted by molar-refractivity contribution is -0.384. The molecule has 39 heavy (non-hydrogen) atoms. The highest BCUT2D eigenvalue weighted by Gasteiger charge is 2.53. The Morgan fingerprint density at radius 2 is 1.79 bits per heavy atom. The molecule has 6 rings (SSSR count). The summed E-state index contributed by atoms with van der Waals surface area (Å²) in [7, 11) is 0. The zero-order valence-corrected chi connectivity index (χ0v) is 21.9. The van der Waals surface area contributed by atoms with Crippen LogP contribution in [0.1, 0.15) is 36.0 Å². The van der Waals surface area contributed by atoms with E-state index in [1.54, 1.807) is 12.1 Å². The van der Waals surface area contributed by atoms with E-state index in [2.05, 4.69) is 20.6 Å². The number of fused-ring (bicyclic) bond motifs is 1. The van der Waals surface area contributed by atoms with Crippen molar-refractivity contribution in [3.05, 3.63) is 81.6 Å². The number of anilines is 1. The molecule has 1 spiro atoms. The van der Waals surface area contributed by atoms with Crippen molar-refractivity contribution in [2.75, 3.05) is 5.32 Å². The van der Waals surface area contributed by atoms with Crippen LogP contribution in [0.15, 0.2) is 60.9 Å². The fourth-order valence-corrected chi connectivity index (χ4v) is 6.49. The van der Waals surface area contributed by atoms with Gasteiger partial charge in [-0.25, -0.2) is 9.97 Å². The molecule has 0 radical (unpaired) electrons. The summed E-state index contributed by atoms with van der Waals surface area (Å²) in [4.78, 5) is 31.7. The number of carbonyl (C=O) groups excluding carboxylic acids is 1. The van der Waals surface area contributed by atoms with Gasteiger partial charge in [0.2, 0.25) is 5.95 Å². The van der Waals surface area contributed by atoms with Gasteiger partial charge < -0.3 is 15.2 Å². The van der Waals surface area contributed by atoms with Gasteiger partial charge in [0.15, 0.2) is 0 Å². The third-order valence-electron chi connectivity index (χ3n) is 7.56. The fourth-order valence-electron chi connectivity index (χ4n) is 5.78. The van der Waals surface area contributed by atoms with Gasteiger partial charge in [-0.2, -0.15) is 0 Å². The number of hydrogen-bond acceptors (Lipinski definition) is 8. The van der Waals surface area contributed by atoms with E-state index in [4.69, 9.17) is 11.6 Å². The number of carbonyl (C=O) groups is 1. The first-order valence-corrected chi connectivity index (χ1v) is 13.7. The van der Waals surface area contributed by atoms with Crippen LogP contribution < -0.4 is 10.6 Å². The van der Waals surface area contributed by atoms with Crippen LogP contribution in [0.2, 0.25) is 5.02 Å². The van der Waals surface area contributed by atoms with E-state index < -0.39 is 16.2 Å². The Bertz CT molecular complexity index is 1630. The molecule has 2 heterocycles. The highest BCUT2D eigenvalue weighted by molar-refractivity contribution is 7.77. The number of nitro groups is 1. The second-order valence-corrected chi connectivity index (χ2v) is 11.4. The molecule has 2 aromatic carbocycles. The molecule has 0 saturated heterocycles. The minimum absolute atomic E-state index is 0.0513. The van der Waals surface area contributed by atoms with Gasteiger partial charge in [0.1, 0.15) is 0 Å². The molecule has 0 bridgehead atoms. The van der Waals surface area contributed by atoms with Crippen LogP contribution in [0.25, 0.3) is 22.2 Å². The Kier molecular flexibility index (Phi) is 6.32. The van der Waals surface area contributed by atoms with Crippen molar-refractivity contribution in [1.29, 1.82) is 0 Å². The predicted octanol–water partition coefficient (Wildman–Crippen LogP) is 4.46. The molecular weight excluding hydrogens is 544 g/mol. The van der Waals surface area contributed by atoms with Gasteiger partial charge in [0, 0.05) is 46.9 Å². The van der Waals surface area contributed by atoms with E-state index in [-0.39, 0.29) is 29.1 Å². The van der Waals surface area contributed by atoms with Gasteiger partial charge >= 0.3 is 0 Å². The summed E-state index contributed by atoms with van der Waals surface area (Å²) in [6, 6.07) is 12.9. The number of nitrogens with zero attached hydrogens (tertiary/aromatic N) is 4. The maximum absolute atomic E-state index is 12.5. The van der Waals surface area contributed by atoms with E-state index in [9.17, 15) is 23.7 Å². The van der Waals surface area contributed by atoms with Crippen LogP contribution in [-0.2, 0) is 11.3 Å².